The second-order valence-electron chi connectivity index (χ2n) is 7.38. The molecule has 1 saturated heterocycles. The summed E-state index contributed by atoms with van der Waals surface area (Å²) in [5.74, 6) is 0.326. The van der Waals surface area contributed by atoms with Gasteiger partial charge in [-0.25, -0.2) is 4.39 Å². The number of piperidine rings is 1. The van der Waals surface area contributed by atoms with Gasteiger partial charge < -0.3 is 15.0 Å². The van der Waals surface area contributed by atoms with Crippen molar-refractivity contribution >= 4 is 11.8 Å². The number of hydrogen-bond donors (Lipinski definition) is 1. The molecule has 0 bridgehead atoms. The minimum absolute atomic E-state index is 0.0365. The Morgan fingerprint density at radius 3 is 2.55 bits per heavy atom. The number of likely N-dealkylation sites (tertiary alicyclic amines) is 1. The third kappa shape index (κ3) is 6.04. The Morgan fingerprint density at radius 1 is 1.14 bits per heavy atom. The molecule has 0 radical (unpaired) electrons. The summed E-state index contributed by atoms with van der Waals surface area (Å²) in [6.07, 6.45) is 2.01. The van der Waals surface area contributed by atoms with Gasteiger partial charge in [-0.1, -0.05) is 12.1 Å². The molecule has 2 amide bonds. The number of halogens is 1. The molecule has 1 heterocycles. The van der Waals surface area contributed by atoms with E-state index in [1.54, 1.807) is 4.90 Å². The number of nitrogens with one attached hydrogen (secondary N) is 1. The lowest BCUT2D eigenvalue weighted by Crippen LogP contribution is -2.43. The van der Waals surface area contributed by atoms with Gasteiger partial charge in [-0.15, -0.1) is 0 Å². The molecule has 29 heavy (non-hydrogen) atoms. The lowest BCUT2D eigenvalue weighted by Gasteiger charge is -2.31. The number of carbonyl (C=O) groups is 2. The van der Waals surface area contributed by atoms with Gasteiger partial charge in [0.05, 0.1) is 6.61 Å². The average molecular weight is 398 g/mol. The zero-order valence-corrected chi connectivity index (χ0v) is 16.7. The summed E-state index contributed by atoms with van der Waals surface area (Å²) in [7, 11) is 0. The number of amides is 2. The van der Waals surface area contributed by atoms with Crippen molar-refractivity contribution in [3.05, 3.63) is 65.5 Å². The summed E-state index contributed by atoms with van der Waals surface area (Å²) in [6.45, 7) is 4.20. The van der Waals surface area contributed by atoms with E-state index in [1.165, 1.54) is 24.3 Å². The Balaban J connectivity index is 1.34. The zero-order valence-electron chi connectivity index (χ0n) is 16.7. The average Bonchev–Trinajstić information content (AvgIpc) is 2.73. The standard InChI is InChI=1S/C23H27FN2O3/c1-17-4-2-5-21(16-17)29-15-3-12-25-22(27)18-10-13-26(14-11-18)23(28)19-6-8-20(24)9-7-19/h2,4-9,16,18H,3,10-15H2,1H3,(H,25,27). The molecule has 2 aromatic carbocycles. The van der Waals surface area contributed by atoms with E-state index in [1.807, 2.05) is 31.2 Å². The molecule has 0 unspecified atom stereocenters. The first kappa shape index (κ1) is 20.8. The maximum atomic E-state index is 13.0. The van der Waals surface area contributed by atoms with Gasteiger partial charge in [0.2, 0.25) is 5.91 Å². The van der Waals surface area contributed by atoms with Crippen LogP contribution in [0.15, 0.2) is 48.5 Å². The molecule has 0 atom stereocenters. The summed E-state index contributed by atoms with van der Waals surface area (Å²) in [5, 5.41) is 2.97. The Morgan fingerprint density at radius 2 is 1.86 bits per heavy atom. The second kappa shape index (κ2) is 10.0. The molecule has 0 aliphatic carbocycles. The van der Waals surface area contributed by atoms with E-state index in [2.05, 4.69) is 5.32 Å². The van der Waals surface area contributed by atoms with Gasteiger partial charge in [-0.3, -0.25) is 9.59 Å². The molecule has 6 heteroatoms. The Hall–Kier alpha value is -2.89. The highest BCUT2D eigenvalue weighted by molar-refractivity contribution is 5.94. The van der Waals surface area contributed by atoms with Crippen molar-refractivity contribution < 1.29 is 18.7 Å². The van der Waals surface area contributed by atoms with E-state index in [0.29, 0.717) is 44.6 Å². The number of rotatable bonds is 7. The Bertz CT molecular complexity index is 830. The van der Waals surface area contributed by atoms with Crippen molar-refractivity contribution in [3.8, 4) is 5.75 Å². The van der Waals surface area contributed by atoms with Crippen LogP contribution in [0.5, 0.6) is 5.75 Å². The van der Waals surface area contributed by atoms with Crippen molar-refractivity contribution in [2.45, 2.75) is 26.2 Å². The smallest absolute Gasteiger partial charge is 0.253 e. The highest BCUT2D eigenvalue weighted by atomic mass is 19.1. The molecule has 5 nitrogen and oxygen atoms in total. The van der Waals surface area contributed by atoms with Crippen LogP contribution in [0.4, 0.5) is 4.39 Å². The van der Waals surface area contributed by atoms with Crippen LogP contribution in [0, 0.1) is 18.7 Å². The molecule has 1 N–H and O–H groups in total. The molecule has 3 rings (SSSR count). The number of benzene rings is 2. The topological polar surface area (TPSA) is 58.6 Å². The van der Waals surface area contributed by atoms with Gasteiger partial charge in [0.15, 0.2) is 0 Å². The number of ether oxygens (including phenoxy) is 1. The summed E-state index contributed by atoms with van der Waals surface area (Å²) in [6, 6.07) is 13.5. The molecular weight excluding hydrogens is 371 g/mol. The van der Waals surface area contributed by atoms with Crippen LogP contribution in [0.2, 0.25) is 0 Å². The SMILES string of the molecule is Cc1cccc(OCCCNC(=O)C2CCN(C(=O)c3ccc(F)cc3)CC2)c1. The number of carbonyl (C=O) groups excluding carboxylic acids is 2. The normalized spacial score (nSPS) is 14.5. The molecule has 154 valence electrons. The first-order valence-corrected chi connectivity index (χ1v) is 10.0. The number of nitrogens with zero attached hydrogens (tertiary/aromatic N) is 1. The van der Waals surface area contributed by atoms with Crippen LogP contribution in [0.25, 0.3) is 0 Å². The highest BCUT2D eigenvalue weighted by Gasteiger charge is 2.27. The Labute approximate surface area is 170 Å². The fourth-order valence-corrected chi connectivity index (χ4v) is 3.44. The van der Waals surface area contributed by atoms with E-state index < -0.39 is 0 Å². The predicted octanol–water partition coefficient (Wildman–Crippen LogP) is 3.57. The summed E-state index contributed by atoms with van der Waals surface area (Å²) >= 11 is 0. The molecule has 0 aromatic heterocycles. The molecular formula is C23H27FN2O3. The van der Waals surface area contributed by atoms with Crippen molar-refractivity contribution in [2.75, 3.05) is 26.2 Å². The van der Waals surface area contributed by atoms with Gasteiger partial charge in [-0.2, -0.15) is 0 Å². The van der Waals surface area contributed by atoms with Crippen LogP contribution in [0.3, 0.4) is 0 Å². The van der Waals surface area contributed by atoms with Crippen LogP contribution in [-0.4, -0.2) is 43.0 Å². The predicted molar refractivity (Wildman–Crippen MR) is 109 cm³/mol. The highest BCUT2D eigenvalue weighted by Crippen LogP contribution is 2.19. The monoisotopic (exact) mass is 398 g/mol. The van der Waals surface area contributed by atoms with Crippen molar-refractivity contribution in [1.29, 1.82) is 0 Å². The number of aryl methyl sites for hydroxylation is 1. The van der Waals surface area contributed by atoms with Crippen molar-refractivity contribution in [2.24, 2.45) is 5.92 Å². The second-order valence-corrected chi connectivity index (χ2v) is 7.38. The first-order valence-electron chi connectivity index (χ1n) is 10.0. The zero-order chi connectivity index (χ0) is 20.6. The molecule has 1 aliphatic rings. The summed E-state index contributed by atoms with van der Waals surface area (Å²) in [4.78, 5) is 26.6. The first-order chi connectivity index (χ1) is 14.0. The van der Waals surface area contributed by atoms with Crippen LogP contribution in [0.1, 0.15) is 35.2 Å². The van der Waals surface area contributed by atoms with E-state index in [4.69, 9.17) is 4.74 Å². The number of hydrogen-bond acceptors (Lipinski definition) is 3. The third-order valence-electron chi connectivity index (χ3n) is 5.12. The molecule has 0 spiro atoms. The fraction of sp³-hybridized carbons (Fsp3) is 0.391. The summed E-state index contributed by atoms with van der Waals surface area (Å²) in [5.41, 5.74) is 1.63. The van der Waals surface area contributed by atoms with E-state index in [9.17, 15) is 14.0 Å². The Kier molecular flexibility index (Phi) is 7.22. The largest absolute Gasteiger partial charge is 0.494 e. The van der Waals surface area contributed by atoms with E-state index >= 15 is 0 Å². The molecule has 1 aliphatic heterocycles. The fourth-order valence-electron chi connectivity index (χ4n) is 3.44. The lowest BCUT2D eigenvalue weighted by molar-refractivity contribution is -0.126. The lowest BCUT2D eigenvalue weighted by atomic mass is 9.95. The van der Waals surface area contributed by atoms with Gasteiger partial charge in [0.25, 0.3) is 5.91 Å². The quantitative estimate of drug-likeness (QED) is 0.726. The van der Waals surface area contributed by atoms with Crippen molar-refractivity contribution in [1.82, 2.24) is 10.2 Å². The minimum Gasteiger partial charge on any atom is -0.494 e. The molecule has 0 saturated carbocycles. The maximum Gasteiger partial charge on any atom is 0.253 e. The molecule has 2 aromatic rings. The van der Waals surface area contributed by atoms with Crippen LogP contribution in [-0.2, 0) is 4.79 Å². The summed E-state index contributed by atoms with van der Waals surface area (Å²) < 4.78 is 18.7. The van der Waals surface area contributed by atoms with E-state index in [0.717, 1.165) is 17.7 Å². The van der Waals surface area contributed by atoms with Gasteiger partial charge in [-0.05, 0) is 68.1 Å². The van der Waals surface area contributed by atoms with E-state index in [-0.39, 0.29) is 23.5 Å². The third-order valence-corrected chi connectivity index (χ3v) is 5.12. The van der Waals surface area contributed by atoms with Gasteiger partial charge in [0.1, 0.15) is 11.6 Å². The molecule has 1 fully saturated rings. The van der Waals surface area contributed by atoms with Crippen LogP contribution >= 0.6 is 0 Å². The minimum atomic E-state index is -0.360. The van der Waals surface area contributed by atoms with Crippen LogP contribution < -0.4 is 10.1 Å². The van der Waals surface area contributed by atoms with Gasteiger partial charge in [0, 0.05) is 31.1 Å². The van der Waals surface area contributed by atoms with Crippen molar-refractivity contribution in [3.63, 3.8) is 0 Å². The van der Waals surface area contributed by atoms with Gasteiger partial charge >= 0.3 is 0 Å². The maximum absolute atomic E-state index is 13.0.